The molecule has 1 rings (SSSR count). The van der Waals surface area contributed by atoms with Gasteiger partial charge in [-0.25, -0.2) is 4.79 Å². The summed E-state index contributed by atoms with van der Waals surface area (Å²) < 4.78 is 0. The van der Waals surface area contributed by atoms with Crippen molar-refractivity contribution >= 4 is 29.6 Å². The number of aliphatic carboxylic acids is 1. The summed E-state index contributed by atoms with van der Waals surface area (Å²) in [5, 5.41) is 20.3. The highest BCUT2D eigenvalue weighted by molar-refractivity contribution is 5.94. The predicted molar refractivity (Wildman–Crippen MR) is 125 cm³/mol. The first-order valence-electron chi connectivity index (χ1n) is 11.9. The van der Waals surface area contributed by atoms with E-state index in [0.29, 0.717) is 32.2 Å². The van der Waals surface area contributed by atoms with Crippen LogP contribution in [0.25, 0.3) is 0 Å². The van der Waals surface area contributed by atoms with E-state index in [1.165, 1.54) is 0 Å². The first-order chi connectivity index (χ1) is 16.0. The average molecular weight is 485 g/mol. The highest BCUT2D eigenvalue weighted by atomic mass is 16.4. The number of hydrogen-bond acceptors (Lipinski definition) is 7. The number of carboxylic acids is 1. The van der Waals surface area contributed by atoms with Gasteiger partial charge >= 0.3 is 5.97 Å². The van der Waals surface area contributed by atoms with Crippen molar-refractivity contribution in [2.45, 2.75) is 89.4 Å². The molecular formula is C22H40N6O6. The van der Waals surface area contributed by atoms with Gasteiger partial charge in [0.05, 0.1) is 6.04 Å². The maximum Gasteiger partial charge on any atom is 0.326 e. The Kier molecular flexibility index (Phi) is 13.1. The third kappa shape index (κ3) is 10.9. The number of amides is 4. The Balaban J connectivity index is 2.91. The number of unbranched alkanes of at least 4 members (excludes halogenated alkanes) is 1. The number of hydrogen-bond donors (Lipinski definition) is 7. The Labute approximate surface area is 200 Å². The van der Waals surface area contributed by atoms with E-state index in [4.69, 9.17) is 11.5 Å². The molecule has 9 N–H and O–H groups in total. The van der Waals surface area contributed by atoms with E-state index in [0.717, 1.165) is 13.0 Å². The molecule has 34 heavy (non-hydrogen) atoms. The van der Waals surface area contributed by atoms with E-state index in [2.05, 4.69) is 21.3 Å². The van der Waals surface area contributed by atoms with Crippen molar-refractivity contribution in [3.05, 3.63) is 0 Å². The molecule has 1 heterocycles. The van der Waals surface area contributed by atoms with Crippen LogP contribution < -0.4 is 32.7 Å². The number of nitrogens with one attached hydrogen (secondary N) is 4. The van der Waals surface area contributed by atoms with Crippen LogP contribution in [0.5, 0.6) is 0 Å². The number of primary amides is 1. The third-order valence-corrected chi connectivity index (χ3v) is 5.59. The van der Waals surface area contributed by atoms with Crippen molar-refractivity contribution in [1.82, 2.24) is 21.3 Å². The molecule has 0 aliphatic carbocycles. The van der Waals surface area contributed by atoms with E-state index in [1.54, 1.807) is 0 Å². The number of carbonyl (C=O) groups is 5. The van der Waals surface area contributed by atoms with Crippen LogP contribution in [0.15, 0.2) is 0 Å². The molecule has 0 aromatic rings. The third-order valence-electron chi connectivity index (χ3n) is 5.59. The molecule has 1 aliphatic heterocycles. The van der Waals surface area contributed by atoms with Crippen molar-refractivity contribution in [2.24, 2.45) is 17.4 Å². The van der Waals surface area contributed by atoms with Gasteiger partial charge in [0, 0.05) is 6.42 Å². The van der Waals surface area contributed by atoms with E-state index in [9.17, 15) is 29.1 Å². The van der Waals surface area contributed by atoms with Gasteiger partial charge in [0.1, 0.15) is 18.1 Å². The number of carbonyl (C=O) groups excluding carboxylic acids is 4. The van der Waals surface area contributed by atoms with Gasteiger partial charge < -0.3 is 37.8 Å². The quantitative estimate of drug-likeness (QED) is 0.131. The molecule has 0 aromatic heterocycles. The van der Waals surface area contributed by atoms with E-state index in [-0.39, 0.29) is 37.1 Å². The van der Waals surface area contributed by atoms with Crippen LogP contribution in [0.3, 0.4) is 0 Å². The SMILES string of the molecule is CC(C)CC(NC(=O)C1CCCN1)C(=O)NC(CCCCN)C(=O)NC(CCC(N)=O)C(=O)O. The molecular weight excluding hydrogens is 444 g/mol. The number of carboxylic acid groups (broad SMARTS) is 1. The van der Waals surface area contributed by atoms with Crippen LogP contribution in [0.4, 0.5) is 0 Å². The summed E-state index contributed by atoms with van der Waals surface area (Å²) in [7, 11) is 0. The molecule has 1 fully saturated rings. The molecule has 0 bridgehead atoms. The smallest absolute Gasteiger partial charge is 0.326 e. The number of nitrogens with two attached hydrogens (primary N) is 2. The Morgan fingerprint density at radius 2 is 1.62 bits per heavy atom. The summed E-state index contributed by atoms with van der Waals surface area (Å²) in [5.74, 6) is -3.36. The van der Waals surface area contributed by atoms with Gasteiger partial charge in [0.25, 0.3) is 0 Å². The topological polar surface area (TPSA) is 206 Å². The summed E-state index contributed by atoms with van der Waals surface area (Å²) in [6.07, 6.45) is 2.95. The minimum absolute atomic E-state index is 0.0993. The van der Waals surface area contributed by atoms with Crippen LogP contribution in [-0.2, 0) is 24.0 Å². The van der Waals surface area contributed by atoms with Gasteiger partial charge in [-0.05, 0) is 64.0 Å². The van der Waals surface area contributed by atoms with Crippen molar-refractivity contribution in [2.75, 3.05) is 13.1 Å². The zero-order valence-corrected chi connectivity index (χ0v) is 20.1. The lowest BCUT2D eigenvalue weighted by Crippen LogP contribution is -2.57. The molecule has 1 aliphatic rings. The first-order valence-corrected chi connectivity index (χ1v) is 11.9. The van der Waals surface area contributed by atoms with Gasteiger partial charge in [0.2, 0.25) is 23.6 Å². The van der Waals surface area contributed by atoms with E-state index < -0.39 is 41.8 Å². The Bertz CT molecular complexity index is 710. The van der Waals surface area contributed by atoms with Crippen LogP contribution in [-0.4, -0.2) is 72.0 Å². The molecule has 0 aromatic carbocycles. The largest absolute Gasteiger partial charge is 0.480 e. The molecule has 0 spiro atoms. The van der Waals surface area contributed by atoms with E-state index in [1.807, 2.05) is 13.8 Å². The predicted octanol–water partition coefficient (Wildman–Crippen LogP) is -1.28. The first kappa shape index (κ1) is 29.3. The zero-order valence-electron chi connectivity index (χ0n) is 20.1. The zero-order chi connectivity index (χ0) is 25.7. The lowest BCUT2D eigenvalue weighted by molar-refractivity contribution is -0.142. The lowest BCUT2D eigenvalue weighted by atomic mass is 10.0. The lowest BCUT2D eigenvalue weighted by Gasteiger charge is -2.26. The van der Waals surface area contributed by atoms with Gasteiger partial charge in [0.15, 0.2) is 0 Å². The van der Waals surface area contributed by atoms with Crippen molar-refractivity contribution in [3.63, 3.8) is 0 Å². The molecule has 12 heteroatoms. The molecule has 1 saturated heterocycles. The van der Waals surface area contributed by atoms with Gasteiger partial charge in [-0.3, -0.25) is 19.2 Å². The highest BCUT2D eigenvalue weighted by Gasteiger charge is 2.31. The Hall–Kier alpha value is -2.73. The Morgan fingerprint density at radius 1 is 0.971 bits per heavy atom. The maximum absolute atomic E-state index is 13.1. The average Bonchev–Trinajstić information content (AvgIpc) is 3.29. The fourth-order valence-corrected chi connectivity index (χ4v) is 3.73. The second-order valence-electron chi connectivity index (χ2n) is 9.09. The van der Waals surface area contributed by atoms with Crippen LogP contribution >= 0.6 is 0 Å². The van der Waals surface area contributed by atoms with Crippen LogP contribution in [0.1, 0.15) is 65.2 Å². The molecule has 0 saturated carbocycles. The normalized spacial score (nSPS) is 18.1. The standard InChI is InChI=1S/C22H40N6O6/c1-13(2)12-17(28-19(30)14-7-5-11-25-14)21(32)26-15(6-3-4-10-23)20(31)27-16(22(33)34)8-9-18(24)29/h13-17,25H,3-12,23H2,1-2H3,(H2,24,29)(H,26,32)(H,27,31)(H,28,30)(H,33,34). The summed E-state index contributed by atoms with van der Waals surface area (Å²) in [4.78, 5) is 61.1. The minimum Gasteiger partial charge on any atom is -0.480 e. The molecule has 12 nitrogen and oxygen atoms in total. The molecule has 0 radical (unpaired) electrons. The monoisotopic (exact) mass is 484 g/mol. The summed E-state index contributed by atoms with van der Waals surface area (Å²) in [5.41, 5.74) is 10.6. The second-order valence-corrected chi connectivity index (χ2v) is 9.09. The van der Waals surface area contributed by atoms with Crippen molar-refractivity contribution in [3.8, 4) is 0 Å². The molecule has 4 unspecified atom stereocenters. The molecule has 4 atom stereocenters. The molecule has 4 amide bonds. The summed E-state index contributed by atoms with van der Waals surface area (Å²) >= 11 is 0. The van der Waals surface area contributed by atoms with Crippen molar-refractivity contribution < 1.29 is 29.1 Å². The summed E-state index contributed by atoms with van der Waals surface area (Å²) in [6, 6.07) is -3.54. The van der Waals surface area contributed by atoms with Gasteiger partial charge in [-0.15, -0.1) is 0 Å². The van der Waals surface area contributed by atoms with E-state index >= 15 is 0 Å². The fraction of sp³-hybridized carbons (Fsp3) is 0.773. The molecule has 194 valence electrons. The highest BCUT2D eigenvalue weighted by Crippen LogP contribution is 2.10. The van der Waals surface area contributed by atoms with Gasteiger partial charge in [-0.1, -0.05) is 13.8 Å². The number of rotatable bonds is 16. The fourth-order valence-electron chi connectivity index (χ4n) is 3.73. The van der Waals surface area contributed by atoms with Crippen LogP contribution in [0.2, 0.25) is 0 Å². The van der Waals surface area contributed by atoms with Gasteiger partial charge in [-0.2, -0.15) is 0 Å². The minimum atomic E-state index is -1.33. The Morgan fingerprint density at radius 3 is 2.15 bits per heavy atom. The second kappa shape index (κ2) is 15.2. The maximum atomic E-state index is 13.1. The summed E-state index contributed by atoms with van der Waals surface area (Å²) in [6.45, 7) is 4.98. The van der Waals surface area contributed by atoms with Crippen molar-refractivity contribution in [1.29, 1.82) is 0 Å². The van der Waals surface area contributed by atoms with Crippen LogP contribution in [0, 0.1) is 5.92 Å².